The second-order valence-corrected chi connectivity index (χ2v) is 7.44. The van der Waals surface area contributed by atoms with Gasteiger partial charge in [0.1, 0.15) is 4.90 Å². The van der Waals surface area contributed by atoms with Crippen molar-refractivity contribution in [3.05, 3.63) is 40.7 Å². The third-order valence-corrected chi connectivity index (χ3v) is 5.84. The van der Waals surface area contributed by atoms with E-state index >= 15 is 0 Å². The first-order valence-corrected chi connectivity index (χ1v) is 8.79. The quantitative estimate of drug-likeness (QED) is 0.735. The number of hydrogen-bond donors (Lipinski definition) is 3. The van der Waals surface area contributed by atoms with Crippen molar-refractivity contribution in [1.29, 1.82) is 0 Å². The number of hydrogen-bond acceptors (Lipinski definition) is 4. The molecular weight excluding hydrogens is 336 g/mol. The number of sulfonamides is 1. The van der Waals surface area contributed by atoms with Crippen molar-refractivity contribution in [3.8, 4) is 0 Å². The highest BCUT2D eigenvalue weighted by Gasteiger charge is 2.28. The van der Waals surface area contributed by atoms with Gasteiger partial charge in [0.05, 0.1) is 11.4 Å². The third-order valence-electron chi connectivity index (χ3n) is 4.11. The molecule has 8 heteroatoms. The Balaban J connectivity index is 0.00000192. The molecular formula is C15H21ClN4O2S. The van der Waals surface area contributed by atoms with Gasteiger partial charge in [-0.15, -0.1) is 12.4 Å². The Labute approximate surface area is 142 Å². The van der Waals surface area contributed by atoms with Gasteiger partial charge in [-0.25, -0.2) is 13.1 Å². The first-order valence-electron chi connectivity index (χ1n) is 7.30. The molecule has 23 heavy (non-hydrogen) atoms. The molecule has 0 saturated heterocycles. The molecule has 1 aliphatic rings. The van der Waals surface area contributed by atoms with Gasteiger partial charge in [-0.3, -0.25) is 5.10 Å². The van der Waals surface area contributed by atoms with Crippen molar-refractivity contribution in [2.45, 2.75) is 44.0 Å². The van der Waals surface area contributed by atoms with E-state index in [1.807, 2.05) is 18.2 Å². The minimum Gasteiger partial charge on any atom is -0.399 e. The van der Waals surface area contributed by atoms with Gasteiger partial charge in [0.2, 0.25) is 10.0 Å². The number of aromatic nitrogens is 2. The molecule has 0 spiro atoms. The first kappa shape index (κ1) is 17.8. The summed E-state index contributed by atoms with van der Waals surface area (Å²) in [6, 6.07) is 5.46. The second-order valence-electron chi connectivity index (χ2n) is 5.79. The van der Waals surface area contributed by atoms with Crippen molar-refractivity contribution in [2.75, 3.05) is 5.73 Å². The molecule has 6 nitrogen and oxygen atoms in total. The fourth-order valence-electron chi connectivity index (χ4n) is 3.14. The predicted octanol–water partition coefficient (Wildman–Crippen LogP) is 2.39. The molecule has 0 amide bonds. The lowest BCUT2D eigenvalue weighted by atomic mass is 9.88. The van der Waals surface area contributed by atoms with Crippen LogP contribution in [-0.2, 0) is 16.4 Å². The number of rotatable bonds is 3. The Bertz CT molecular complexity index is 797. The Hall–Kier alpha value is -1.57. The number of nitrogens with zero attached hydrogens (tertiary/aromatic N) is 1. The smallest absolute Gasteiger partial charge is 0.244 e. The van der Waals surface area contributed by atoms with Gasteiger partial charge in [0.15, 0.2) is 0 Å². The number of nitrogen functional groups attached to an aromatic ring is 1. The van der Waals surface area contributed by atoms with Crippen LogP contribution in [0.1, 0.15) is 41.4 Å². The summed E-state index contributed by atoms with van der Waals surface area (Å²) in [5, 5.41) is 6.69. The van der Waals surface area contributed by atoms with E-state index in [1.165, 1.54) is 0 Å². The highest BCUT2D eigenvalue weighted by atomic mass is 35.5. The van der Waals surface area contributed by atoms with Crippen LogP contribution in [-0.4, -0.2) is 18.6 Å². The van der Waals surface area contributed by atoms with Gasteiger partial charge in [-0.05, 0) is 56.4 Å². The van der Waals surface area contributed by atoms with Crippen LogP contribution in [0, 0.1) is 13.8 Å². The lowest BCUT2D eigenvalue weighted by Crippen LogP contribution is -2.31. The Morgan fingerprint density at radius 2 is 2.09 bits per heavy atom. The molecule has 1 aromatic heterocycles. The number of nitrogens with two attached hydrogens (primary N) is 1. The molecule has 1 unspecified atom stereocenters. The maximum absolute atomic E-state index is 12.7. The van der Waals surface area contributed by atoms with Crippen LogP contribution in [0.4, 0.5) is 5.69 Å². The van der Waals surface area contributed by atoms with Crippen molar-refractivity contribution in [1.82, 2.24) is 14.9 Å². The summed E-state index contributed by atoms with van der Waals surface area (Å²) in [5.41, 5.74) is 9.71. The minimum absolute atomic E-state index is 0. The fourth-order valence-corrected chi connectivity index (χ4v) is 4.76. The van der Waals surface area contributed by atoms with E-state index in [9.17, 15) is 8.42 Å². The molecule has 3 rings (SSSR count). The normalized spacial score (nSPS) is 17.4. The van der Waals surface area contributed by atoms with Crippen LogP contribution in [0.5, 0.6) is 0 Å². The van der Waals surface area contributed by atoms with Gasteiger partial charge in [-0.1, -0.05) is 6.07 Å². The number of H-pyrrole nitrogens is 1. The van der Waals surface area contributed by atoms with E-state index in [0.717, 1.165) is 30.4 Å². The van der Waals surface area contributed by atoms with Gasteiger partial charge in [0.25, 0.3) is 0 Å². The molecule has 0 bridgehead atoms. The van der Waals surface area contributed by atoms with Gasteiger partial charge >= 0.3 is 0 Å². The van der Waals surface area contributed by atoms with E-state index in [-0.39, 0.29) is 23.3 Å². The molecule has 1 atom stereocenters. The van der Waals surface area contributed by atoms with Gasteiger partial charge < -0.3 is 5.73 Å². The summed E-state index contributed by atoms with van der Waals surface area (Å²) >= 11 is 0. The van der Waals surface area contributed by atoms with E-state index in [1.54, 1.807) is 13.8 Å². The second kappa shape index (κ2) is 6.51. The van der Waals surface area contributed by atoms with Crippen molar-refractivity contribution in [2.24, 2.45) is 0 Å². The van der Waals surface area contributed by atoms with Gasteiger partial charge in [0, 0.05) is 11.7 Å². The standard InChI is InChI=1S/C15H20N4O2S.ClH/c1-9-15(10(2)18-17-9)22(20,21)19-14-5-3-4-11-8-12(16)6-7-13(11)14;/h6-8,14,19H,3-5,16H2,1-2H3,(H,17,18);1H. The summed E-state index contributed by atoms with van der Waals surface area (Å²) in [7, 11) is -3.61. The Morgan fingerprint density at radius 1 is 1.35 bits per heavy atom. The predicted molar refractivity (Wildman–Crippen MR) is 92.2 cm³/mol. The fraction of sp³-hybridized carbons (Fsp3) is 0.400. The summed E-state index contributed by atoms with van der Waals surface area (Å²) in [6.45, 7) is 3.40. The number of aryl methyl sites for hydroxylation is 3. The molecule has 1 heterocycles. The molecule has 1 aromatic carbocycles. The highest BCUT2D eigenvalue weighted by Crippen LogP contribution is 2.32. The maximum Gasteiger partial charge on any atom is 0.244 e. The Morgan fingerprint density at radius 3 is 2.74 bits per heavy atom. The molecule has 1 aliphatic carbocycles. The average molecular weight is 357 g/mol. The summed E-state index contributed by atoms with van der Waals surface area (Å²) in [5.74, 6) is 0. The first-order chi connectivity index (χ1) is 10.4. The lowest BCUT2D eigenvalue weighted by molar-refractivity contribution is 0.507. The average Bonchev–Trinajstić information content (AvgIpc) is 2.78. The zero-order valence-corrected chi connectivity index (χ0v) is 14.7. The zero-order valence-electron chi connectivity index (χ0n) is 13.1. The van der Waals surface area contributed by atoms with Crippen LogP contribution in [0.3, 0.4) is 0 Å². The van der Waals surface area contributed by atoms with Crippen molar-refractivity contribution >= 4 is 28.1 Å². The van der Waals surface area contributed by atoms with E-state index in [0.29, 0.717) is 17.1 Å². The zero-order chi connectivity index (χ0) is 15.9. The Kier molecular flexibility index (Phi) is 5.03. The van der Waals surface area contributed by atoms with Crippen LogP contribution in [0.2, 0.25) is 0 Å². The summed E-state index contributed by atoms with van der Waals surface area (Å²) in [4.78, 5) is 0.245. The monoisotopic (exact) mass is 356 g/mol. The van der Waals surface area contributed by atoms with Crippen LogP contribution in [0.25, 0.3) is 0 Å². The molecule has 0 fully saturated rings. The molecule has 2 aromatic rings. The van der Waals surface area contributed by atoms with Crippen LogP contribution in [0.15, 0.2) is 23.1 Å². The van der Waals surface area contributed by atoms with Crippen LogP contribution < -0.4 is 10.5 Å². The maximum atomic E-state index is 12.7. The molecule has 4 N–H and O–H groups in total. The number of aromatic amines is 1. The van der Waals surface area contributed by atoms with Crippen LogP contribution >= 0.6 is 12.4 Å². The highest BCUT2D eigenvalue weighted by molar-refractivity contribution is 7.89. The molecule has 0 radical (unpaired) electrons. The summed E-state index contributed by atoms with van der Waals surface area (Å²) < 4.78 is 28.2. The van der Waals surface area contributed by atoms with E-state index < -0.39 is 10.0 Å². The lowest BCUT2D eigenvalue weighted by Gasteiger charge is -2.26. The summed E-state index contributed by atoms with van der Waals surface area (Å²) in [6.07, 6.45) is 2.65. The molecule has 0 aliphatic heterocycles. The number of anilines is 1. The molecule has 126 valence electrons. The van der Waals surface area contributed by atoms with Crippen molar-refractivity contribution in [3.63, 3.8) is 0 Å². The number of benzene rings is 1. The number of fused-ring (bicyclic) bond motifs is 1. The molecule has 0 saturated carbocycles. The number of nitrogens with one attached hydrogen (secondary N) is 2. The largest absolute Gasteiger partial charge is 0.399 e. The third kappa shape index (κ3) is 3.36. The van der Waals surface area contributed by atoms with Crippen molar-refractivity contribution < 1.29 is 8.42 Å². The number of halogens is 1. The van der Waals surface area contributed by atoms with Gasteiger partial charge in [-0.2, -0.15) is 5.10 Å². The SMILES string of the molecule is Cc1n[nH]c(C)c1S(=O)(=O)NC1CCCc2cc(N)ccc21.Cl. The van der Waals surface area contributed by atoms with E-state index in [2.05, 4.69) is 14.9 Å². The minimum atomic E-state index is -3.61. The topological polar surface area (TPSA) is 101 Å². The van der Waals surface area contributed by atoms with E-state index in [4.69, 9.17) is 5.73 Å².